The van der Waals surface area contributed by atoms with Gasteiger partial charge in [-0.05, 0) is 45.1 Å². The molecule has 1 aromatic carbocycles. The zero-order valence-electron chi connectivity index (χ0n) is 18.3. The molecule has 0 aliphatic heterocycles. The molecule has 1 aromatic heterocycles. The lowest BCUT2D eigenvalue weighted by Crippen LogP contribution is -2.30. The monoisotopic (exact) mass is 503 g/mol. The first kappa shape index (κ1) is 25.5. The van der Waals surface area contributed by atoms with Gasteiger partial charge in [0.25, 0.3) is 5.91 Å². The number of thiophene rings is 1. The highest BCUT2D eigenvalue weighted by atomic mass is 32.1. The van der Waals surface area contributed by atoms with E-state index in [2.05, 4.69) is 10.1 Å². The number of halogens is 4. The molecule has 0 fully saturated rings. The van der Waals surface area contributed by atoms with Gasteiger partial charge in [-0.25, -0.2) is 18.4 Å². The molecule has 1 heterocycles. The molecule has 0 saturated carbocycles. The number of ether oxygens (including phenoxy) is 3. The number of benzene rings is 1. The van der Waals surface area contributed by atoms with Crippen LogP contribution in [0.2, 0.25) is 0 Å². The van der Waals surface area contributed by atoms with Crippen LogP contribution < -0.4 is 10.1 Å². The Morgan fingerprint density at radius 3 is 2.35 bits per heavy atom. The fraction of sp³-hybridized carbons (Fsp3) is 0.409. The first-order valence-electron chi connectivity index (χ1n) is 10.4. The number of carbonyl (C=O) groups excluding carboxylic acids is 3. The number of rotatable bonds is 8. The lowest BCUT2D eigenvalue weighted by atomic mass is 9.95. The standard InChI is InChI=1S/C22H21F4NO6S/c1-3-31-22(30)16-11-6-4-5-7-14(11)34-20(16)27-15(28)9-32-21(29)10(2)33-19-17(25)12(23)8-13(24)18(19)26/h8,10H,3-7,9H2,1-2H3,(H,27,28)/t10-/m0/s1. The van der Waals surface area contributed by atoms with Gasteiger partial charge >= 0.3 is 11.9 Å². The topological polar surface area (TPSA) is 90.9 Å². The smallest absolute Gasteiger partial charge is 0.347 e. The van der Waals surface area contributed by atoms with Crippen LogP contribution >= 0.6 is 11.3 Å². The van der Waals surface area contributed by atoms with Crippen LogP contribution in [0.1, 0.15) is 47.5 Å². The maximum Gasteiger partial charge on any atom is 0.347 e. The van der Waals surface area contributed by atoms with Crippen LogP contribution in [0.4, 0.5) is 22.6 Å². The van der Waals surface area contributed by atoms with Gasteiger partial charge < -0.3 is 19.5 Å². The zero-order valence-corrected chi connectivity index (χ0v) is 19.1. The van der Waals surface area contributed by atoms with Crippen LogP contribution in [0, 0.1) is 23.3 Å². The summed E-state index contributed by atoms with van der Waals surface area (Å²) in [6, 6.07) is -0.00216. The highest BCUT2D eigenvalue weighted by Crippen LogP contribution is 2.38. The van der Waals surface area contributed by atoms with E-state index in [1.807, 2.05) is 0 Å². The Hall–Kier alpha value is -3.15. The summed E-state index contributed by atoms with van der Waals surface area (Å²) in [5.74, 6) is -11.0. The summed E-state index contributed by atoms with van der Waals surface area (Å²) in [5.41, 5.74) is 1.10. The van der Waals surface area contributed by atoms with Gasteiger partial charge in [-0.2, -0.15) is 8.78 Å². The number of anilines is 1. The van der Waals surface area contributed by atoms with E-state index in [9.17, 15) is 31.9 Å². The number of carbonyl (C=O) groups is 3. The Morgan fingerprint density at radius 2 is 1.71 bits per heavy atom. The number of aryl methyl sites for hydroxylation is 1. The Labute approximate surface area is 196 Å². The molecular weight excluding hydrogens is 482 g/mol. The van der Waals surface area contributed by atoms with E-state index in [0.29, 0.717) is 6.42 Å². The van der Waals surface area contributed by atoms with Crippen LogP contribution in [-0.4, -0.2) is 37.2 Å². The van der Waals surface area contributed by atoms with E-state index in [4.69, 9.17) is 9.47 Å². The molecule has 1 aliphatic carbocycles. The average Bonchev–Trinajstić information content (AvgIpc) is 3.16. The van der Waals surface area contributed by atoms with Gasteiger partial charge in [0.2, 0.25) is 11.6 Å². The third-order valence-corrected chi connectivity index (χ3v) is 6.15. The second-order valence-corrected chi connectivity index (χ2v) is 8.45. The van der Waals surface area contributed by atoms with Crippen molar-refractivity contribution in [1.29, 1.82) is 0 Å². The van der Waals surface area contributed by atoms with Gasteiger partial charge in [-0.1, -0.05) is 0 Å². The highest BCUT2D eigenvalue weighted by molar-refractivity contribution is 7.17. The molecule has 1 aliphatic rings. The molecule has 0 saturated heterocycles. The van der Waals surface area contributed by atoms with Crippen LogP contribution in [0.3, 0.4) is 0 Å². The van der Waals surface area contributed by atoms with E-state index < -0.39 is 59.6 Å². The summed E-state index contributed by atoms with van der Waals surface area (Å²) in [4.78, 5) is 37.8. The zero-order chi connectivity index (χ0) is 25.0. The van der Waals surface area contributed by atoms with Gasteiger partial charge in [-0.3, -0.25) is 4.79 Å². The van der Waals surface area contributed by atoms with Gasteiger partial charge in [-0.15, -0.1) is 11.3 Å². The first-order valence-corrected chi connectivity index (χ1v) is 11.2. The molecule has 0 radical (unpaired) electrons. The third-order valence-electron chi connectivity index (χ3n) is 4.95. The Balaban J connectivity index is 1.64. The molecule has 3 rings (SSSR count). The number of nitrogens with one attached hydrogen (secondary N) is 1. The fourth-order valence-electron chi connectivity index (χ4n) is 3.37. The van der Waals surface area contributed by atoms with Gasteiger partial charge in [0.05, 0.1) is 12.2 Å². The van der Waals surface area contributed by atoms with Crippen LogP contribution in [0.5, 0.6) is 5.75 Å². The summed E-state index contributed by atoms with van der Waals surface area (Å²) in [7, 11) is 0. The summed E-state index contributed by atoms with van der Waals surface area (Å²) in [5, 5.41) is 2.80. The third kappa shape index (κ3) is 5.49. The maximum atomic E-state index is 13.7. The van der Waals surface area contributed by atoms with Gasteiger partial charge in [0.1, 0.15) is 5.00 Å². The molecule has 0 unspecified atom stereocenters. The van der Waals surface area contributed by atoms with E-state index in [-0.39, 0.29) is 23.2 Å². The van der Waals surface area contributed by atoms with Crippen molar-refractivity contribution in [3.05, 3.63) is 45.3 Å². The van der Waals surface area contributed by atoms with Crippen molar-refractivity contribution in [3.8, 4) is 5.75 Å². The summed E-state index contributed by atoms with van der Waals surface area (Å²) in [6.07, 6.45) is 1.60. The van der Waals surface area contributed by atoms with Crippen molar-refractivity contribution in [3.63, 3.8) is 0 Å². The summed E-state index contributed by atoms with van der Waals surface area (Å²) in [6.45, 7) is 2.03. The molecule has 12 heteroatoms. The maximum absolute atomic E-state index is 13.7. The Kier molecular flexibility index (Phi) is 8.13. The fourth-order valence-corrected chi connectivity index (χ4v) is 4.66. The molecule has 184 valence electrons. The molecule has 1 N–H and O–H groups in total. The van der Waals surface area contributed by atoms with Crippen molar-refractivity contribution < 1.29 is 46.2 Å². The predicted molar refractivity (Wildman–Crippen MR) is 113 cm³/mol. The molecule has 34 heavy (non-hydrogen) atoms. The highest BCUT2D eigenvalue weighted by Gasteiger charge is 2.29. The van der Waals surface area contributed by atoms with Crippen molar-refractivity contribution in [2.75, 3.05) is 18.5 Å². The van der Waals surface area contributed by atoms with Gasteiger partial charge in [0.15, 0.2) is 30.1 Å². The molecule has 1 amide bonds. The second kappa shape index (κ2) is 10.9. The Bertz CT molecular complexity index is 1090. The van der Waals surface area contributed by atoms with Crippen molar-refractivity contribution >= 4 is 34.2 Å². The molecule has 0 bridgehead atoms. The quantitative estimate of drug-likeness (QED) is 0.328. The predicted octanol–water partition coefficient (Wildman–Crippen LogP) is 4.31. The van der Waals surface area contributed by atoms with Crippen molar-refractivity contribution in [2.24, 2.45) is 0 Å². The minimum Gasteiger partial charge on any atom is -0.473 e. The van der Waals surface area contributed by atoms with Crippen LogP contribution in [-0.2, 0) is 31.9 Å². The number of fused-ring (bicyclic) bond motifs is 1. The lowest BCUT2D eigenvalue weighted by Gasteiger charge is -2.15. The van der Waals surface area contributed by atoms with E-state index >= 15 is 0 Å². The number of hydrogen-bond donors (Lipinski definition) is 1. The molecule has 7 nitrogen and oxygen atoms in total. The van der Waals surface area contributed by atoms with E-state index in [0.717, 1.165) is 36.6 Å². The average molecular weight is 503 g/mol. The number of amides is 1. The lowest BCUT2D eigenvalue weighted by molar-refractivity contribution is -0.153. The minimum absolute atomic E-state index is 0.00216. The SMILES string of the molecule is CCOC(=O)c1c(NC(=O)COC(=O)[C@H](C)Oc2c(F)c(F)cc(F)c2F)sc2c1CCCC2. The van der Waals surface area contributed by atoms with Crippen LogP contribution in [0.15, 0.2) is 6.07 Å². The van der Waals surface area contributed by atoms with Gasteiger partial charge in [0, 0.05) is 10.9 Å². The largest absolute Gasteiger partial charge is 0.473 e. The minimum atomic E-state index is -1.82. The Morgan fingerprint density at radius 1 is 1.06 bits per heavy atom. The normalized spacial score (nSPS) is 13.6. The number of hydrogen-bond acceptors (Lipinski definition) is 7. The molecule has 2 aromatic rings. The summed E-state index contributed by atoms with van der Waals surface area (Å²) >= 11 is 1.24. The molecule has 1 atom stereocenters. The van der Waals surface area contributed by atoms with Crippen molar-refractivity contribution in [1.82, 2.24) is 0 Å². The summed E-state index contributed by atoms with van der Waals surface area (Å²) < 4.78 is 68.6. The first-order chi connectivity index (χ1) is 16.1. The van der Waals surface area contributed by atoms with Crippen LogP contribution in [0.25, 0.3) is 0 Å². The van der Waals surface area contributed by atoms with E-state index in [1.54, 1.807) is 6.92 Å². The van der Waals surface area contributed by atoms with E-state index in [1.165, 1.54) is 11.3 Å². The second-order valence-electron chi connectivity index (χ2n) is 7.35. The molecular formula is C22H21F4NO6S. The number of esters is 2. The van der Waals surface area contributed by atoms with Crippen molar-refractivity contribution in [2.45, 2.75) is 45.6 Å². The molecule has 0 spiro atoms.